The van der Waals surface area contributed by atoms with Crippen LogP contribution in [-0.2, 0) is 0 Å². The minimum Gasteiger partial charge on any atom is -0.258 e. The maximum absolute atomic E-state index is 11.1. The third-order valence-corrected chi connectivity index (χ3v) is 3.86. The molecule has 0 amide bonds. The van der Waals surface area contributed by atoms with E-state index in [0.717, 1.165) is 25.7 Å². The molecule has 1 saturated carbocycles. The molecular weight excluding hydrogens is 254 g/mol. The average molecular weight is 272 g/mol. The molecule has 1 heterocycles. The molecule has 1 aliphatic carbocycles. The molecule has 1 aromatic heterocycles. The van der Waals surface area contributed by atoms with Crippen LogP contribution in [-0.4, -0.2) is 14.7 Å². The third-order valence-electron chi connectivity index (χ3n) is 3.50. The van der Waals surface area contributed by atoms with E-state index in [2.05, 4.69) is 5.10 Å². The molecule has 0 atom stereocenters. The van der Waals surface area contributed by atoms with E-state index in [4.69, 9.17) is 11.6 Å². The van der Waals surface area contributed by atoms with Gasteiger partial charge in [0, 0.05) is 5.92 Å². The summed E-state index contributed by atoms with van der Waals surface area (Å²) in [6.45, 7) is 3.80. The van der Waals surface area contributed by atoms with Gasteiger partial charge in [-0.2, -0.15) is 5.10 Å². The largest absolute Gasteiger partial charge is 0.329 e. The molecule has 0 radical (unpaired) electrons. The molecule has 100 valence electrons. The first kappa shape index (κ1) is 13.3. The van der Waals surface area contributed by atoms with Crippen LogP contribution in [0.2, 0.25) is 5.15 Å². The summed E-state index contributed by atoms with van der Waals surface area (Å²) in [6, 6.07) is 0.220. The van der Waals surface area contributed by atoms with Gasteiger partial charge in [0.05, 0.1) is 11.0 Å². The summed E-state index contributed by atoms with van der Waals surface area (Å²) in [5, 5.41) is 15.7. The lowest BCUT2D eigenvalue weighted by atomic mass is 9.96. The summed E-state index contributed by atoms with van der Waals surface area (Å²) in [7, 11) is 0. The molecule has 1 fully saturated rings. The molecule has 1 aliphatic rings. The van der Waals surface area contributed by atoms with Crippen LogP contribution in [0.15, 0.2) is 0 Å². The fourth-order valence-corrected chi connectivity index (χ4v) is 2.89. The molecule has 0 N–H and O–H groups in total. The highest BCUT2D eigenvalue weighted by Crippen LogP contribution is 2.38. The van der Waals surface area contributed by atoms with Crippen molar-refractivity contribution >= 4 is 17.3 Å². The maximum atomic E-state index is 11.1. The Morgan fingerprint density at radius 1 is 1.39 bits per heavy atom. The molecule has 0 aromatic carbocycles. The van der Waals surface area contributed by atoms with E-state index >= 15 is 0 Å². The smallest absolute Gasteiger partial charge is 0.258 e. The van der Waals surface area contributed by atoms with Gasteiger partial charge in [-0.1, -0.05) is 44.7 Å². The summed E-state index contributed by atoms with van der Waals surface area (Å²) in [4.78, 5) is 10.7. The van der Waals surface area contributed by atoms with Gasteiger partial charge in [-0.15, -0.1) is 0 Å². The second-order valence-electron chi connectivity index (χ2n) is 5.17. The van der Waals surface area contributed by atoms with E-state index in [0.29, 0.717) is 5.69 Å². The van der Waals surface area contributed by atoms with Crippen molar-refractivity contribution in [2.75, 3.05) is 0 Å². The number of hydrogen-bond donors (Lipinski definition) is 0. The van der Waals surface area contributed by atoms with Crippen molar-refractivity contribution < 1.29 is 4.92 Å². The van der Waals surface area contributed by atoms with Crippen LogP contribution in [0.25, 0.3) is 0 Å². The number of halogens is 1. The molecule has 1 aromatic rings. The fraction of sp³-hybridized carbons (Fsp3) is 0.750. The molecule has 5 nitrogen and oxygen atoms in total. The van der Waals surface area contributed by atoms with Gasteiger partial charge in [0.2, 0.25) is 5.15 Å². The quantitative estimate of drug-likeness (QED) is 0.615. The molecule has 0 aliphatic heterocycles. The van der Waals surface area contributed by atoms with E-state index < -0.39 is 4.92 Å². The molecule has 0 spiro atoms. The highest BCUT2D eigenvalue weighted by molar-refractivity contribution is 6.31. The predicted octanol–water partition coefficient (Wildman–Crippen LogP) is 4.07. The number of hydrogen-bond acceptors (Lipinski definition) is 3. The lowest BCUT2D eigenvalue weighted by Gasteiger charge is -2.22. The van der Waals surface area contributed by atoms with E-state index in [1.807, 2.05) is 13.8 Å². The lowest BCUT2D eigenvalue weighted by molar-refractivity contribution is -0.385. The molecule has 18 heavy (non-hydrogen) atoms. The van der Waals surface area contributed by atoms with Crippen LogP contribution in [0.3, 0.4) is 0 Å². The van der Waals surface area contributed by atoms with Gasteiger partial charge < -0.3 is 0 Å². The minimum absolute atomic E-state index is 0.00717. The standard InChI is InChI=1S/C12H18ClN3O2/c1-8(2)10-11(16(17)18)12(13)15(14-10)9-6-4-3-5-7-9/h8-9H,3-7H2,1-2H3. The third kappa shape index (κ3) is 2.36. The highest BCUT2D eigenvalue weighted by Gasteiger charge is 2.31. The van der Waals surface area contributed by atoms with Crippen LogP contribution in [0, 0.1) is 10.1 Å². The van der Waals surface area contributed by atoms with Crippen molar-refractivity contribution in [3.63, 3.8) is 0 Å². The number of rotatable bonds is 3. The van der Waals surface area contributed by atoms with Crippen molar-refractivity contribution in [3.8, 4) is 0 Å². The van der Waals surface area contributed by atoms with Gasteiger partial charge in [0.25, 0.3) is 0 Å². The van der Waals surface area contributed by atoms with Gasteiger partial charge in [-0.3, -0.25) is 10.1 Å². The van der Waals surface area contributed by atoms with Gasteiger partial charge in [0.1, 0.15) is 5.69 Å². The van der Waals surface area contributed by atoms with Crippen molar-refractivity contribution in [3.05, 3.63) is 21.0 Å². The first-order valence-electron chi connectivity index (χ1n) is 6.44. The zero-order valence-corrected chi connectivity index (χ0v) is 11.5. The van der Waals surface area contributed by atoms with Gasteiger partial charge in [0.15, 0.2) is 0 Å². The van der Waals surface area contributed by atoms with Crippen LogP contribution in [0.5, 0.6) is 0 Å². The zero-order chi connectivity index (χ0) is 13.3. The molecule has 0 saturated heterocycles. The summed E-state index contributed by atoms with van der Waals surface area (Å²) >= 11 is 6.16. The van der Waals surface area contributed by atoms with Crippen LogP contribution >= 0.6 is 11.6 Å². The van der Waals surface area contributed by atoms with Gasteiger partial charge in [-0.25, -0.2) is 4.68 Å². The summed E-state index contributed by atoms with van der Waals surface area (Å²) in [5.41, 5.74) is 0.479. The topological polar surface area (TPSA) is 61.0 Å². The second kappa shape index (κ2) is 5.26. The number of nitrogens with zero attached hydrogens (tertiary/aromatic N) is 3. The van der Waals surface area contributed by atoms with E-state index in [-0.39, 0.29) is 22.8 Å². The lowest BCUT2D eigenvalue weighted by Crippen LogP contribution is -2.14. The summed E-state index contributed by atoms with van der Waals surface area (Å²) in [6.07, 6.45) is 5.54. The van der Waals surface area contributed by atoms with Crippen molar-refractivity contribution in [2.45, 2.75) is 57.9 Å². The maximum Gasteiger partial charge on any atom is 0.329 e. The zero-order valence-electron chi connectivity index (χ0n) is 10.7. The Kier molecular flexibility index (Phi) is 3.90. The first-order valence-corrected chi connectivity index (χ1v) is 6.82. The Hall–Kier alpha value is -1.10. The number of aromatic nitrogens is 2. The normalized spacial score (nSPS) is 17.3. The van der Waals surface area contributed by atoms with Crippen molar-refractivity contribution in [1.82, 2.24) is 9.78 Å². The minimum atomic E-state index is -0.413. The Bertz CT molecular complexity index is 450. The molecule has 6 heteroatoms. The summed E-state index contributed by atoms with van der Waals surface area (Å²) in [5.74, 6) is 0.00717. The fourth-order valence-electron chi connectivity index (χ4n) is 2.55. The molecule has 0 unspecified atom stereocenters. The summed E-state index contributed by atoms with van der Waals surface area (Å²) < 4.78 is 1.67. The number of nitro groups is 1. The van der Waals surface area contributed by atoms with Crippen molar-refractivity contribution in [1.29, 1.82) is 0 Å². The molecule has 2 rings (SSSR count). The average Bonchev–Trinajstić information content (AvgIpc) is 2.68. The Labute approximate surface area is 111 Å². The predicted molar refractivity (Wildman–Crippen MR) is 70.1 cm³/mol. The molecular formula is C12H18ClN3O2. The Balaban J connectivity index is 2.42. The SMILES string of the molecule is CC(C)c1nn(C2CCCCC2)c(Cl)c1[N+](=O)[O-]. The molecule has 0 bridgehead atoms. The first-order chi connectivity index (χ1) is 8.52. The highest BCUT2D eigenvalue weighted by atomic mass is 35.5. The van der Waals surface area contributed by atoms with E-state index in [1.54, 1.807) is 4.68 Å². The monoisotopic (exact) mass is 271 g/mol. The Morgan fingerprint density at radius 2 is 2.00 bits per heavy atom. The van der Waals surface area contributed by atoms with E-state index in [9.17, 15) is 10.1 Å². The van der Waals surface area contributed by atoms with Crippen LogP contribution < -0.4 is 0 Å². The van der Waals surface area contributed by atoms with Crippen LogP contribution in [0.1, 0.15) is 63.6 Å². The van der Waals surface area contributed by atoms with Crippen LogP contribution in [0.4, 0.5) is 5.69 Å². The van der Waals surface area contributed by atoms with E-state index in [1.165, 1.54) is 6.42 Å². The Morgan fingerprint density at radius 3 is 2.44 bits per heavy atom. The van der Waals surface area contributed by atoms with Gasteiger partial charge in [-0.05, 0) is 12.8 Å². The van der Waals surface area contributed by atoms with Gasteiger partial charge >= 0.3 is 5.69 Å². The van der Waals surface area contributed by atoms with Crippen molar-refractivity contribution in [2.24, 2.45) is 0 Å². The second-order valence-corrected chi connectivity index (χ2v) is 5.53.